The van der Waals surface area contributed by atoms with Gasteiger partial charge in [0.1, 0.15) is 0 Å². The Morgan fingerprint density at radius 3 is 2.78 bits per heavy atom. The fraction of sp³-hybridized carbons (Fsp3) is 0.312. The molecule has 1 heterocycles. The van der Waals surface area contributed by atoms with E-state index in [2.05, 4.69) is 16.1 Å². The molecule has 0 bridgehead atoms. The number of rotatable bonds is 4. The van der Waals surface area contributed by atoms with Gasteiger partial charge in [-0.1, -0.05) is 24.3 Å². The highest BCUT2D eigenvalue weighted by Crippen LogP contribution is 2.29. The van der Waals surface area contributed by atoms with Gasteiger partial charge in [-0.3, -0.25) is 4.79 Å². The Kier molecular flexibility index (Phi) is 4.23. The maximum Gasteiger partial charge on any atom is 0.287 e. The molecule has 7 heteroatoms. The van der Waals surface area contributed by atoms with Gasteiger partial charge in [0, 0.05) is 0 Å². The lowest BCUT2D eigenvalue weighted by Crippen LogP contribution is -2.30. The van der Waals surface area contributed by atoms with Gasteiger partial charge in [0.25, 0.3) is 15.9 Å². The predicted molar refractivity (Wildman–Crippen MR) is 84.5 cm³/mol. The Hall–Kier alpha value is -2.12. The van der Waals surface area contributed by atoms with Crippen molar-refractivity contribution >= 4 is 15.9 Å². The molecule has 0 aliphatic heterocycles. The van der Waals surface area contributed by atoms with E-state index in [1.54, 1.807) is 0 Å². The average Bonchev–Trinajstić information content (AvgIpc) is 3.06. The monoisotopic (exact) mass is 334 g/mol. The molecule has 0 unspecified atom stereocenters. The molecule has 1 aliphatic carbocycles. The number of aryl methyl sites for hydroxylation is 1. The van der Waals surface area contributed by atoms with Crippen LogP contribution in [0.1, 0.15) is 40.6 Å². The average molecular weight is 334 g/mol. The molecule has 0 fully saturated rings. The van der Waals surface area contributed by atoms with Gasteiger partial charge < -0.3 is 9.73 Å². The molecular weight excluding hydrogens is 316 g/mol. The van der Waals surface area contributed by atoms with Crippen LogP contribution < -0.4 is 10.0 Å². The summed E-state index contributed by atoms with van der Waals surface area (Å²) >= 11 is 0. The zero-order chi connectivity index (χ0) is 16.4. The van der Waals surface area contributed by atoms with Crippen LogP contribution >= 0.6 is 0 Å². The summed E-state index contributed by atoms with van der Waals surface area (Å²) in [5.41, 5.74) is 2.35. The Morgan fingerprint density at radius 2 is 2.00 bits per heavy atom. The van der Waals surface area contributed by atoms with Crippen molar-refractivity contribution in [1.29, 1.82) is 0 Å². The van der Waals surface area contributed by atoms with Crippen molar-refractivity contribution in [3.63, 3.8) is 0 Å². The van der Waals surface area contributed by atoms with Crippen molar-refractivity contribution in [1.82, 2.24) is 10.0 Å². The Bertz CT molecular complexity index is 826. The predicted octanol–water partition coefficient (Wildman–Crippen LogP) is 2.00. The smallest absolute Gasteiger partial charge is 0.287 e. The van der Waals surface area contributed by atoms with Crippen molar-refractivity contribution in [2.45, 2.75) is 30.4 Å². The lowest BCUT2D eigenvalue weighted by molar-refractivity contribution is 0.0899. The lowest BCUT2D eigenvalue weighted by atomic mass is 9.88. The summed E-state index contributed by atoms with van der Waals surface area (Å²) in [6, 6.07) is 10.6. The molecule has 1 aromatic heterocycles. The summed E-state index contributed by atoms with van der Waals surface area (Å²) in [5, 5.41) is 2.66. The highest BCUT2D eigenvalue weighted by Gasteiger charge is 2.24. The zero-order valence-corrected chi connectivity index (χ0v) is 13.5. The van der Waals surface area contributed by atoms with Crippen LogP contribution in [0.15, 0.2) is 45.9 Å². The van der Waals surface area contributed by atoms with Crippen LogP contribution in [0.25, 0.3) is 0 Å². The second kappa shape index (κ2) is 6.17. The highest BCUT2D eigenvalue weighted by molar-refractivity contribution is 7.89. The van der Waals surface area contributed by atoms with Crippen LogP contribution in [0.2, 0.25) is 0 Å². The third-order valence-electron chi connectivity index (χ3n) is 4.01. The van der Waals surface area contributed by atoms with Crippen LogP contribution in [-0.2, 0) is 16.4 Å². The van der Waals surface area contributed by atoms with E-state index < -0.39 is 15.9 Å². The Balaban J connectivity index is 1.79. The zero-order valence-electron chi connectivity index (χ0n) is 12.7. The van der Waals surface area contributed by atoms with Gasteiger partial charge in [-0.05, 0) is 49.6 Å². The first-order valence-corrected chi connectivity index (χ1v) is 8.91. The Morgan fingerprint density at radius 1 is 1.22 bits per heavy atom. The number of carbonyl (C=O) groups excluding carboxylic acids is 1. The summed E-state index contributed by atoms with van der Waals surface area (Å²) in [5.74, 6) is -0.425. The van der Waals surface area contributed by atoms with E-state index in [-0.39, 0.29) is 16.9 Å². The van der Waals surface area contributed by atoms with E-state index in [1.165, 1.54) is 24.7 Å². The maximum atomic E-state index is 12.3. The number of fused-ring (bicyclic) bond motifs is 1. The van der Waals surface area contributed by atoms with E-state index >= 15 is 0 Å². The number of sulfonamides is 1. The first kappa shape index (κ1) is 15.8. The van der Waals surface area contributed by atoms with Crippen molar-refractivity contribution in [3.05, 3.63) is 53.3 Å². The van der Waals surface area contributed by atoms with E-state index in [0.29, 0.717) is 0 Å². The normalized spacial score (nSPS) is 17.5. The SMILES string of the molecule is CNS(=O)(=O)c1ccc(C(=O)N[C@@H]2CCCc3ccccc32)o1. The number of benzene rings is 1. The second-order valence-corrected chi connectivity index (χ2v) is 7.26. The van der Waals surface area contributed by atoms with Crippen molar-refractivity contribution < 1.29 is 17.6 Å². The third-order valence-corrected chi connectivity index (χ3v) is 5.30. The highest BCUT2D eigenvalue weighted by atomic mass is 32.2. The van der Waals surface area contributed by atoms with Crippen LogP contribution in [-0.4, -0.2) is 21.4 Å². The van der Waals surface area contributed by atoms with Crippen LogP contribution in [0.4, 0.5) is 0 Å². The van der Waals surface area contributed by atoms with E-state index in [9.17, 15) is 13.2 Å². The molecule has 1 aliphatic rings. The van der Waals surface area contributed by atoms with Crippen molar-refractivity contribution in [2.75, 3.05) is 7.05 Å². The minimum Gasteiger partial charge on any atom is -0.438 e. The van der Waals surface area contributed by atoms with Gasteiger partial charge in [0.15, 0.2) is 5.76 Å². The van der Waals surface area contributed by atoms with Crippen LogP contribution in [0, 0.1) is 0 Å². The topological polar surface area (TPSA) is 88.4 Å². The first-order chi connectivity index (χ1) is 11.0. The molecule has 23 heavy (non-hydrogen) atoms. The summed E-state index contributed by atoms with van der Waals surface area (Å²) in [4.78, 5) is 12.3. The number of carbonyl (C=O) groups is 1. The minimum atomic E-state index is -3.69. The van der Waals surface area contributed by atoms with E-state index in [4.69, 9.17) is 4.42 Å². The molecular formula is C16H18N2O4S. The number of hydrogen-bond donors (Lipinski definition) is 2. The van der Waals surface area contributed by atoms with Crippen molar-refractivity contribution in [3.8, 4) is 0 Å². The second-order valence-electron chi connectivity index (χ2n) is 5.44. The van der Waals surface area contributed by atoms with E-state index in [0.717, 1.165) is 24.8 Å². The summed E-state index contributed by atoms with van der Waals surface area (Å²) in [6.45, 7) is 0. The molecule has 1 amide bonds. The van der Waals surface area contributed by atoms with Crippen LogP contribution in [0.5, 0.6) is 0 Å². The molecule has 2 aromatic rings. The summed E-state index contributed by atoms with van der Waals surface area (Å²) in [7, 11) is -2.40. The Labute approximate surface area is 134 Å². The molecule has 6 nitrogen and oxygen atoms in total. The molecule has 0 saturated carbocycles. The summed E-state index contributed by atoms with van der Waals surface area (Å²) < 4.78 is 30.6. The van der Waals surface area contributed by atoms with Gasteiger partial charge in [-0.25, -0.2) is 13.1 Å². The number of amides is 1. The lowest BCUT2D eigenvalue weighted by Gasteiger charge is -2.25. The number of nitrogens with one attached hydrogen (secondary N) is 2. The maximum absolute atomic E-state index is 12.3. The fourth-order valence-corrected chi connectivity index (χ4v) is 3.47. The van der Waals surface area contributed by atoms with Crippen molar-refractivity contribution in [2.24, 2.45) is 0 Å². The molecule has 3 rings (SSSR count). The van der Waals surface area contributed by atoms with Gasteiger partial charge >= 0.3 is 0 Å². The third kappa shape index (κ3) is 3.16. The van der Waals surface area contributed by atoms with Gasteiger partial charge in [0.2, 0.25) is 5.09 Å². The largest absolute Gasteiger partial charge is 0.438 e. The van der Waals surface area contributed by atoms with Gasteiger partial charge in [-0.2, -0.15) is 0 Å². The number of furan rings is 1. The molecule has 0 radical (unpaired) electrons. The van der Waals surface area contributed by atoms with Gasteiger partial charge in [-0.15, -0.1) is 0 Å². The molecule has 0 saturated heterocycles. The molecule has 122 valence electrons. The van der Waals surface area contributed by atoms with E-state index in [1.807, 2.05) is 18.2 Å². The minimum absolute atomic E-state index is 0.0121. The standard InChI is InChI=1S/C16H18N2O4S/c1-17-23(20,21)15-10-9-14(22-15)16(19)18-13-8-4-6-11-5-2-3-7-12(11)13/h2-3,5,7,9-10,13,17H,4,6,8H2,1H3,(H,18,19)/t13-/m1/s1. The molecule has 2 N–H and O–H groups in total. The quantitative estimate of drug-likeness (QED) is 0.895. The fourth-order valence-electron chi connectivity index (χ4n) is 2.82. The molecule has 1 aromatic carbocycles. The summed E-state index contributed by atoms with van der Waals surface area (Å²) in [6.07, 6.45) is 2.86. The first-order valence-electron chi connectivity index (χ1n) is 7.43. The number of hydrogen-bond acceptors (Lipinski definition) is 4. The molecule has 0 spiro atoms. The van der Waals surface area contributed by atoms with Crippen LogP contribution in [0.3, 0.4) is 0 Å². The van der Waals surface area contributed by atoms with Gasteiger partial charge in [0.05, 0.1) is 6.04 Å². The molecule has 1 atom stereocenters.